The lowest BCUT2D eigenvalue weighted by Crippen LogP contribution is -2.35. The summed E-state index contributed by atoms with van der Waals surface area (Å²) in [6.07, 6.45) is 1.87. The molecule has 11 nitrogen and oxygen atoms in total. The van der Waals surface area contributed by atoms with Crippen LogP contribution in [0.4, 0.5) is 15.4 Å². The van der Waals surface area contributed by atoms with E-state index in [1.807, 2.05) is 26.0 Å². The Bertz CT molecular complexity index is 1670. The highest BCUT2D eigenvalue weighted by Gasteiger charge is 2.28. The Hall–Kier alpha value is -4.41. The fourth-order valence-corrected chi connectivity index (χ4v) is 4.51. The Morgan fingerprint density at radius 3 is 2.24 bits per heavy atom. The van der Waals surface area contributed by atoms with Crippen LogP contribution in [0.2, 0.25) is 0 Å². The maximum atomic E-state index is 13.3. The van der Waals surface area contributed by atoms with Crippen molar-refractivity contribution in [2.75, 3.05) is 18.6 Å². The summed E-state index contributed by atoms with van der Waals surface area (Å²) in [5.74, 6) is -0.293. The molecule has 1 aromatic carbocycles. The van der Waals surface area contributed by atoms with E-state index in [0.717, 1.165) is 16.5 Å². The molecule has 0 aliphatic rings. The van der Waals surface area contributed by atoms with Crippen LogP contribution >= 0.6 is 0 Å². The predicted molar refractivity (Wildman–Crippen MR) is 156 cm³/mol. The van der Waals surface area contributed by atoms with E-state index in [-0.39, 0.29) is 17.8 Å². The van der Waals surface area contributed by atoms with Crippen LogP contribution in [0.5, 0.6) is 0 Å². The standard InChI is InChI=1S/C30H37N5O6/c1-11-39-26(36)20-15-31-35-23(33(10)27(37)40-29(4,5)6)14-22(32-25(20)35)21-16-34(28(38)41-30(7,8)9)24-18(3)12-17(2)13-19(21)24/h12-16H,11H2,1-10H3. The molecule has 0 N–H and O–H groups in total. The fourth-order valence-electron chi connectivity index (χ4n) is 4.51. The number of carbonyl (C=O) groups is 3. The van der Waals surface area contributed by atoms with E-state index in [9.17, 15) is 14.4 Å². The normalized spacial score (nSPS) is 12.0. The molecule has 0 aliphatic carbocycles. The van der Waals surface area contributed by atoms with Gasteiger partial charge in [0.1, 0.15) is 22.6 Å². The molecule has 0 saturated carbocycles. The largest absolute Gasteiger partial charge is 0.462 e. The first kappa shape index (κ1) is 29.6. The number of hydrogen-bond donors (Lipinski definition) is 0. The van der Waals surface area contributed by atoms with Gasteiger partial charge in [0.2, 0.25) is 0 Å². The van der Waals surface area contributed by atoms with Gasteiger partial charge in [-0.05, 0) is 73.9 Å². The zero-order chi connectivity index (χ0) is 30.4. The summed E-state index contributed by atoms with van der Waals surface area (Å²) in [4.78, 5) is 45.3. The van der Waals surface area contributed by atoms with E-state index in [2.05, 4.69) is 5.10 Å². The third kappa shape index (κ3) is 6.03. The van der Waals surface area contributed by atoms with Gasteiger partial charge in [-0.25, -0.2) is 19.4 Å². The third-order valence-corrected chi connectivity index (χ3v) is 6.06. The minimum absolute atomic E-state index is 0.135. The number of esters is 1. The van der Waals surface area contributed by atoms with Gasteiger partial charge >= 0.3 is 18.2 Å². The van der Waals surface area contributed by atoms with Crippen molar-refractivity contribution in [3.05, 3.63) is 47.3 Å². The molecule has 0 atom stereocenters. The number of hydrogen-bond acceptors (Lipinski definition) is 8. The summed E-state index contributed by atoms with van der Waals surface area (Å²) in [5.41, 5.74) is 2.42. The number of ether oxygens (including phenoxy) is 3. The monoisotopic (exact) mass is 563 g/mol. The van der Waals surface area contributed by atoms with Crippen LogP contribution < -0.4 is 4.90 Å². The minimum atomic E-state index is -0.740. The zero-order valence-electron chi connectivity index (χ0n) is 25.3. The predicted octanol–water partition coefficient (Wildman–Crippen LogP) is 6.30. The molecule has 0 fully saturated rings. The Morgan fingerprint density at radius 1 is 0.976 bits per heavy atom. The molecule has 3 aromatic heterocycles. The number of aromatic nitrogens is 4. The second-order valence-corrected chi connectivity index (χ2v) is 11.9. The second kappa shape index (κ2) is 10.5. The second-order valence-electron chi connectivity index (χ2n) is 11.9. The molecule has 0 radical (unpaired) electrons. The summed E-state index contributed by atoms with van der Waals surface area (Å²) in [6, 6.07) is 5.62. The smallest absolute Gasteiger partial charge is 0.419 e. The molecule has 0 bridgehead atoms. The number of carbonyl (C=O) groups excluding carboxylic acids is 3. The maximum Gasteiger partial charge on any atom is 0.419 e. The van der Waals surface area contributed by atoms with Gasteiger partial charge < -0.3 is 14.2 Å². The Kier molecular flexibility index (Phi) is 7.59. The summed E-state index contributed by atoms with van der Waals surface area (Å²) < 4.78 is 19.4. The van der Waals surface area contributed by atoms with Crippen molar-refractivity contribution in [2.45, 2.75) is 73.5 Å². The number of anilines is 1. The van der Waals surface area contributed by atoms with Crippen molar-refractivity contribution < 1.29 is 28.6 Å². The van der Waals surface area contributed by atoms with Crippen molar-refractivity contribution in [3.8, 4) is 11.3 Å². The first-order valence-electron chi connectivity index (χ1n) is 13.4. The van der Waals surface area contributed by atoms with Crippen LogP contribution in [0.1, 0.15) is 70.0 Å². The van der Waals surface area contributed by atoms with Gasteiger partial charge in [0.05, 0.1) is 24.0 Å². The van der Waals surface area contributed by atoms with Crippen LogP contribution in [0.15, 0.2) is 30.6 Å². The van der Waals surface area contributed by atoms with Crippen LogP contribution in [-0.4, -0.2) is 62.2 Å². The average molecular weight is 564 g/mol. The third-order valence-electron chi connectivity index (χ3n) is 6.06. The quantitative estimate of drug-likeness (QED) is 0.210. The molecular weight excluding hydrogens is 526 g/mol. The number of fused-ring (bicyclic) bond motifs is 2. The van der Waals surface area contributed by atoms with Crippen molar-refractivity contribution in [1.29, 1.82) is 0 Å². The Labute approximate surface area is 239 Å². The van der Waals surface area contributed by atoms with E-state index in [1.165, 1.54) is 20.2 Å². The SMILES string of the molecule is CCOC(=O)c1cnn2c(N(C)C(=O)OC(C)(C)C)cc(-c3cn(C(=O)OC(C)(C)C)c4c(C)cc(C)cc34)nc12. The number of nitrogens with zero attached hydrogens (tertiary/aromatic N) is 5. The van der Waals surface area contributed by atoms with Crippen LogP contribution in [0.3, 0.4) is 0 Å². The first-order valence-corrected chi connectivity index (χ1v) is 13.4. The first-order chi connectivity index (χ1) is 19.0. The summed E-state index contributed by atoms with van der Waals surface area (Å²) in [6.45, 7) is 16.5. The van der Waals surface area contributed by atoms with Crippen LogP contribution in [0.25, 0.3) is 27.8 Å². The highest BCUT2D eigenvalue weighted by Crippen LogP contribution is 2.35. The number of amides is 1. The van der Waals surface area contributed by atoms with Gasteiger partial charge in [0.25, 0.3) is 0 Å². The summed E-state index contributed by atoms with van der Waals surface area (Å²) in [7, 11) is 1.55. The van der Waals surface area contributed by atoms with E-state index in [4.69, 9.17) is 19.2 Å². The Balaban J connectivity index is 2.02. The highest BCUT2D eigenvalue weighted by atomic mass is 16.6. The number of benzene rings is 1. The molecule has 11 heteroatoms. The van der Waals surface area contributed by atoms with E-state index >= 15 is 0 Å². The summed E-state index contributed by atoms with van der Waals surface area (Å²) >= 11 is 0. The lowest BCUT2D eigenvalue weighted by Gasteiger charge is -2.25. The number of rotatable bonds is 4. The van der Waals surface area contributed by atoms with Crippen molar-refractivity contribution in [2.24, 2.45) is 0 Å². The molecule has 41 heavy (non-hydrogen) atoms. The average Bonchev–Trinajstić information content (AvgIpc) is 3.43. The lowest BCUT2D eigenvalue weighted by atomic mass is 10.0. The van der Waals surface area contributed by atoms with E-state index < -0.39 is 29.4 Å². The van der Waals surface area contributed by atoms with Crippen molar-refractivity contribution >= 4 is 40.5 Å². The topological polar surface area (TPSA) is 117 Å². The van der Waals surface area contributed by atoms with Gasteiger partial charge in [-0.3, -0.25) is 9.47 Å². The lowest BCUT2D eigenvalue weighted by molar-refractivity contribution is 0.0523. The molecule has 4 aromatic rings. The van der Waals surface area contributed by atoms with Gasteiger partial charge in [0, 0.05) is 30.3 Å². The molecule has 0 unspecified atom stereocenters. The molecule has 1 amide bonds. The molecule has 4 rings (SSSR count). The van der Waals surface area contributed by atoms with E-state index in [1.54, 1.807) is 67.8 Å². The number of aryl methyl sites for hydroxylation is 2. The van der Waals surface area contributed by atoms with Crippen LogP contribution in [-0.2, 0) is 14.2 Å². The van der Waals surface area contributed by atoms with Gasteiger partial charge in [-0.2, -0.15) is 9.61 Å². The maximum absolute atomic E-state index is 13.3. The van der Waals surface area contributed by atoms with Gasteiger partial charge in [0.15, 0.2) is 5.65 Å². The highest BCUT2D eigenvalue weighted by molar-refractivity contribution is 6.03. The summed E-state index contributed by atoms with van der Waals surface area (Å²) in [5, 5.41) is 5.10. The molecule has 0 aliphatic heterocycles. The van der Waals surface area contributed by atoms with Gasteiger partial charge in [-0.1, -0.05) is 11.6 Å². The van der Waals surface area contributed by atoms with Gasteiger partial charge in [-0.15, -0.1) is 0 Å². The molecule has 3 heterocycles. The minimum Gasteiger partial charge on any atom is -0.462 e. The van der Waals surface area contributed by atoms with E-state index in [0.29, 0.717) is 22.6 Å². The van der Waals surface area contributed by atoms with Crippen LogP contribution in [0, 0.1) is 13.8 Å². The molecular formula is C30H37N5O6. The molecule has 0 saturated heterocycles. The van der Waals surface area contributed by atoms with Crippen molar-refractivity contribution in [1.82, 2.24) is 19.2 Å². The Morgan fingerprint density at radius 2 is 1.63 bits per heavy atom. The fraction of sp³-hybridized carbons (Fsp3) is 0.433. The van der Waals surface area contributed by atoms with Crippen molar-refractivity contribution in [3.63, 3.8) is 0 Å². The molecule has 0 spiro atoms. The molecule has 218 valence electrons. The zero-order valence-corrected chi connectivity index (χ0v) is 25.3.